The zero-order chi connectivity index (χ0) is 26.6. The molecule has 0 heterocycles. The Kier molecular flexibility index (Phi) is 9.16. The molecule has 0 spiro atoms. The summed E-state index contributed by atoms with van der Waals surface area (Å²) < 4.78 is 78.8. The zero-order valence-corrected chi connectivity index (χ0v) is 20.4. The van der Waals surface area contributed by atoms with Crippen LogP contribution in [-0.2, 0) is 17.1 Å². The van der Waals surface area contributed by atoms with Crippen LogP contribution in [-0.4, -0.2) is 29.0 Å². The smallest absolute Gasteiger partial charge is 0.350 e. The molecule has 0 fully saturated rings. The first-order valence-corrected chi connectivity index (χ1v) is 11.2. The molecule has 0 aliphatic heterocycles. The fourth-order valence-electron chi connectivity index (χ4n) is 3.63. The number of hydrogen-bond acceptors (Lipinski definition) is 2. The molecule has 35 heavy (non-hydrogen) atoms. The van der Waals surface area contributed by atoms with E-state index in [1.54, 1.807) is 25.8 Å². The van der Waals surface area contributed by atoms with E-state index in [2.05, 4.69) is 10.6 Å². The lowest BCUT2D eigenvalue weighted by Crippen LogP contribution is -2.51. The molecule has 0 saturated carbocycles. The predicted molar refractivity (Wildman–Crippen MR) is 127 cm³/mol. The summed E-state index contributed by atoms with van der Waals surface area (Å²) in [5, 5.41) is 4.86. The lowest BCUT2D eigenvalue weighted by Gasteiger charge is -2.33. The second-order valence-electron chi connectivity index (χ2n) is 8.40. The zero-order valence-electron chi connectivity index (χ0n) is 19.6. The van der Waals surface area contributed by atoms with Crippen LogP contribution in [0.15, 0.2) is 48.5 Å². The fourth-order valence-corrected chi connectivity index (χ4v) is 3.88. The molecule has 1 amide bonds. The van der Waals surface area contributed by atoms with Crippen molar-refractivity contribution in [2.45, 2.75) is 51.6 Å². The Morgan fingerprint density at radius 1 is 0.971 bits per heavy atom. The van der Waals surface area contributed by atoms with Crippen LogP contribution in [0.3, 0.4) is 0 Å². The number of nitrogens with zero attached hydrogens (tertiary/aromatic N) is 1. The van der Waals surface area contributed by atoms with Crippen molar-refractivity contribution >= 4 is 28.9 Å². The number of rotatable bonds is 7. The minimum absolute atomic E-state index is 0.0333. The summed E-state index contributed by atoms with van der Waals surface area (Å²) in [4.78, 5) is 14.9. The Balaban J connectivity index is 2.25. The molecule has 2 rings (SSSR count). The lowest BCUT2D eigenvalue weighted by atomic mass is 9.99. The average molecular weight is 520 g/mol. The summed E-state index contributed by atoms with van der Waals surface area (Å²) in [6.07, 6.45) is -9.35. The lowest BCUT2D eigenvalue weighted by molar-refractivity contribution is -0.143. The van der Waals surface area contributed by atoms with Gasteiger partial charge in [0.05, 0.1) is 17.2 Å². The average Bonchev–Trinajstić information content (AvgIpc) is 2.76. The van der Waals surface area contributed by atoms with Crippen LogP contribution in [0.1, 0.15) is 49.9 Å². The molecular weight excluding hydrogens is 492 g/mol. The third-order valence-corrected chi connectivity index (χ3v) is 5.67. The Morgan fingerprint density at radius 3 is 1.91 bits per heavy atom. The number of halogens is 6. The van der Waals surface area contributed by atoms with Gasteiger partial charge in [0.15, 0.2) is 5.11 Å². The molecule has 0 radical (unpaired) electrons. The number of carbonyl (C=O) groups is 1. The number of hydrogen-bond donors (Lipinski definition) is 2. The van der Waals surface area contributed by atoms with Gasteiger partial charge in [-0.3, -0.25) is 4.79 Å². The summed E-state index contributed by atoms with van der Waals surface area (Å²) in [6.45, 7) is 5.43. The van der Waals surface area contributed by atoms with Gasteiger partial charge < -0.3 is 15.5 Å². The first-order valence-electron chi connectivity index (χ1n) is 10.8. The maximum Gasteiger partial charge on any atom is 0.416 e. The quantitative estimate of drug-likeness (QED) is 0.318. The van der Waals surface area contributed by atoms with Crippen molar-refractivity contribution < 1.29 is 31.1 Å². The van der Waals surface area contributed by atoms with Crippen LogP contribution in [0, 0.1) is 5.92 Å². The van der Waals surface area contributed by atoms with Crippen molar-refractivity contribution in [2.75, 3.05) is 12.4 Å². The van der Waals surface area contributed by atoms with Gasteiger partial charge >= 0.3 is 12.4 Å². The van der Waals surface area contributed by atoms with E-state index in [0.29, 0.717) is 18.6 Å². The maximum absolute atomic E-state index is 13.3. The normalized spacial score (nSPS) is 13.8. The molecule has 2 aromatic rings. The van der Waals surface area contributed by atoms with Gasteiger partial charge in [0.1, 0.15) is 6.04 Å². The van der Waals surface area contributed by atoms with Crippen LogP contribution < -0.4 is 10.6 Å². The molecule has 0 bridgehead atoms. The molecule has 11 heteroatoms. The Labute approximate surface area is 205 Å². The maximum atomic E-state index is 13.3. The second kappa shape index (κ2) is 11.3. The van der Waals surface area contributed by atoms with Crippen molar-refractivity contribution in [3.63, 3.8) is 0 Å². The monoisotopic (exact) mass is 519 g/mol. The van der Waals surface area contributed by atoms with Crippen LogP contribution in [0.4, 0.5) is 32.0 Å². The highest BCUT2D eigenvalue weighted by Gasteiger charge is 2.37. The summed E-state index contributed by atoms with van der Waals surface area (Å²) in [5.74, 6) is -0.606. The van der Waals surface area contributed by atoms with E-state index in [9.17, 15) is 31.1 Å². The van der Waals surface area contributed by atoms with E-state index in [-0.39, 0.29) is 29.0 Å². The standard InChI is InChI=1S/C24H27F6N3OS/c1-5-19(15-9-7-6-8-10-15)33(4)21(34)20(14(2)3)32-22(35)31-18-12-16(23(25,26)27)11-17(13-18)24(28,29)30/h6-14,19-20H,5H2,1-4H3,(H2,31,32,35)/t19-,20-/m1/s1. The van der Waals surface area contributed by atoms with Crippen molar-refractivity contribution in [2.24, 2.45) is 5.92 Å². The van der Waals surface area contributed by atoms with Gasteiger partial charge in [-0.1, -0.05) is 51.1 Å². The second-order valence-corrected chi connectivity index (χ2v) is 8.81. The number of carbonyl (C=O) groups excluding carboxylic acids is 1. The summed E-state index contributed by atoms with van der Waals surface area (Å²) in [7, 11) is 1.64. The van der Waals surface area contributed by atoms with E-state index in [0.717, 1.165) is 5.56 Å². The Hall–Kier alpha value is -2.82. The molecule has 0 unspecified atom stereocenters. The van der Waals surface area contributed by atoms with E-state index in [4.69, 9.17) is 12.2 Å². The number of thiocarbonyl (C=S) groups is 1. The summed E-state index contributed by atoms with van der Waals surface area (Å²) >= 11 is 5.14. The minimum Gasteiger partial charge on any atom is -0.350 e. The first kappa shape index (κ1) is 28.4. The number of benzene rings is 2. The van der Waals surface area contributed by atoms with E-state index < -0.39 is 35.2 Å². The minimum atomic E-state index is -4.99. The van der Waals surface area contributed by atoms with Crippen molar-refractivity contribution in [3.05, 3.63) is 65.2 Å². The van der Waals surface area contributed by atoms with Crippen molar-refractivity contribution in [1.82, 2.24) is 10.2 Å². The molecule has 0 aromatic heterocycles. The molecular formula is C24H27F6N3OS. The van der Waals surface area contributed by atoms with Gasteiger partial charge in [0.25, 0.3) is 0 Å². The van der Waals surface area contributed by atoms with E-state index in [1.807, 2.05) is 37.3 Å². The third kappa shape index (κ3) is 7.58. The highest BCUT2D eigenvalue weighted by Crippen LogP contribution is 2.37. The SMILES string of the molecule is CC[C@H](c1ccccc1)N(C)C(=O)[C@H](NC(=S)Nc1cc(C(F)(F)F)cc(C(F)(F)F)c1)C(C)C. The Morgan fingerprint density at radius 2 is 1.49 bits per heavy atom. The van der Waals surface area contributed by atoms with Gasteiger partial charge in [0.2, 0.25) is 5.91 Å². The predicted octanol–water partition coefficient (Wildman–Crippen LogP) is 6.64. The van der Waals surface area contributed by atoms with Gasteiger partial charge in [0, 0.05) is 12.7 Å². The fraction of sp³-hybridized carbons (Fsp3) is 0.417. The molecule has 0 saturated heterocycles. The number of anilines is 1. The van der Waals surface area contributed by atoms with Crippen LogP contribution >= 0.6 is 12.2 Å². The van der Waals surface area contributed by atoms with Gasteiger partial charge in [-0.05, 0) is 48.3 Å². The van der Waals surface area contributed by atoms with Crippen molar-refractivity contribution in [1.29, 1.82) is 0 Å². The molecule has 2 aromatic carbocycles. The molecule has 2 atom stereocenters. The third-order valence-electron chi connectivity index (χ3n) is 5.45. The molecule has 4 nitrogen and oxygen atoms in total. The molecule has 2 N–H and O–H groups in total. The van der Waals surface area contributed by atoms with Crippen LogP contribution in [0.25, 0.3) is 0 Å². The molecule has 0 aliphatic rings. The number of likely N-dealkylation sites (N-methyl/N-ethyl adjacent to an activating group) is 1. The van der Waals surface area contributed by atoms with Crippen LogP contribution in [0.2, 0.25) is 0 Å². The van der Waals surface area contributed by atoms with E-state index >= 15 is 0 Å². The number of alkyl halides is 6. The van der Waals surface area contributed by atoms with E-state index in [1.165, 1.54) is 0 Å². The molecule has 192 valence electrons. The highest BCUT2D eigenvalue weighted by molar-refractivity contribution is 7.80. The summed E-state index contributed by atoms with van der Waals surface area (Å²) in [6, 6.07) is 9.37. The number of nitrogens with one attached hydrogen (secondary N) is 2. The van der Waals surface area contributed by atoms with Crippen LogP contribution in [0.5, 0.6) is 0 Å². The first-order chi connectivity index (χ1) is 16.1. The largest absolute Gasteiger partial charge is 0.416 e. The molecule has 0 aliphatic carbocycles. The Bertz CT molecular complexity index is 992. The number of amides is 1. The van der Waals surface area contributed by atoms with Gasteiger partial charge in [-0.25, -0.2) is 0 Å². The van der Waals surface area contributed by atoms with Gasteiger partial charge in [-0.15, -0.1) is 0 Å². The highest BCUT2D eigenvalue weighted by atomic mass is 32.1. The van der Waals surface area contributed by atoms with Crippen molar-refractivity contribution in [3.8, 4) is 0 Å². The topological polar surface area (TPSA) is 44.4 Å². The summed E-state index contributed by atoms with van der Waals surface area (Å²) in [5.41, 5.74) is -2.51. The van der Waals surface area contributed by atoms with Gasteiger partial charge in [-0.2, -0.15) is 26.3 Å².